The number of nitrogen functional groups attached to an aromatic ring is 1. The normalized spacial score (nSPS) is 15.2. The number of allylic oxidation sites excluding steroid dienone is 1. The van der Waals surface area contributed by atoms with Crippen LogP contribution in [-0.4, -0.2) is 22.6 Å². The summed E-state index contributed by atoms with van der Waals surface area (Å²) in [5.41, 5.74) is 8.38. The van der Waals surface area contributed by atoms with Gasteiger partial charge >= 0.3 is 0 Å². The summed E-state index contributed by atoms with van der Waals surface area (Å²) >= 11 is 0. The smallest absolute Gasteiger partial charge is 0.244 e. The van der Waals surface area contributed by atoms with Gasteiger partial charge in [-0.2, -0.15) is 0 Å². The van der Waals surface area contributed by atoms with Gasteiger partial charge in [0.05, 0.1) is 16.3 Å². The lowest BCUT2D eigenvalue weighted by atomic mass is 9.97. The van der Waals surface area contributed by atoms with Crippen molar-refractivity contribution in [2.45, 2.75) is 25.9 Å². The molecule has 1 aromatic heterocycles. The minimum absolute atomic E-state index is 0.123. The van der Waals surface area contributed by atoms with Gasteiger partial charge in [0.1, 0.15) is 0 Å². The van der Waals surface area contributed by atoms with Crippen LogP contribution in [0.25, 0.3) is 16.6 Å². The van der Waals surface area contributed by atoms with Crippen LogP contribution >= 0.6 is 0 Å². The molecule has 2 aromatic carbocycles. The van der Waals surface area contributed by atoms with Crippen LogP contribution in [0.2, 0.25) is 0 Å². The summed E-state index contributed by atoms with van der Waals surface area (Å²) in [6.45, 7) is 0.826. The average Bonchev–Trinajstić information content (AvgIpc) is 2.95. The summed E-state index contributed by atoms with van der Waals surface area (Å²) in [6, 6.07) is 14.0. The van der Waals surface area contributed by atoms with E-state index in [0.29, 0.717) is 27.7 Å². The van der Waals surface area contributed by atoms with Crippen molar-refractivity contribution in [1.29, 1.82) is 0 Å². The Balaban J connectivity index is 2.29. The third-order valence-electron chi connectivity index (χ3n) is 4.03. The van der Waals surface area contributed by atoms with Gasteiger partial charge in [0.15, 0.2) is 0 Å². The Bertz CT molecular complexity index is 1150. The molecule has 0 atom stereocenters. The molecule has 2 N–H and O–H groups in total. The first kappa shape index (κ1) is 13.7. The second-order valence-corrected chi connectivity index (χ2v) is 8.29. The maximum atomic E-state index is 12.7. The highest BCUT2D eigenvalue weighted by atomic mass is 32.2. The number of benzene rings is 2. The first-order valence-electron chi connectivity index (χ1n) is 9.32. The van der Waals surface area contributed by atoms with Crippen molar-refractivity contribution >= 4 is 32.6 Å². The summed E-state index contributed by atoms with van der Waals surface area (Å²) in [4.78, 5) is 4.14. The fourth-order valence-corrected chi connectivity index (χ4v) is 3.81. The van der Waals surface area contributed by atoms with Crippen LogP contribution in [0.5, 0.6) is 0 Å². The molecule has 0 aliphatic carbocycles. The molecule has 0 aliphatic rings. The molecule has 0 unspecified atom stereocenters. The monoisotopic (exact) mass is 358 g/mol. The van der Waals surface area contributed by atoms with Crippen LogP contribution in [0.15, 0.2) is 54.6 Å². The zero-order chi connectivity index (χ0) is 20.7. The van der Waals surface area contributed by atoms with Crippen molar-refractivity contribution in [1.82, 2.24) is 8.96 Å². The molecule has 25 heavy (non-hydrogen) atoms. The van der Waals surface area contributed by atoms with Crippen LogP contribution in [-0.2, 0) is 10.0 Å². The Kier molecular flexibility index (Phi) is 3.48. The molecule has 0 radical (unpaired) electrons. The number of fused-ring (bicyclic) bond motifs is 1. The van der Waals surface area contributed by atoms with Gasteiger partial charge in [-0.25, -0.2) is 17.4 Å². The average molecular weight is 358 g/mol. The van der Waals surface area contributed by atoms with Crippen LogP contribution in [0, 0.1) is 0 Å². The van der Waals surface area contributed by atoms with Crippen molar-refractivity contribution in [3.05, 3.63) is 65.7 Å². The number of hydrogen-bond acceptors (Lipinski definition) is 4. The zero-order valence-corrected chi connectivity index (χ0v) is 14.8. The van der Waals surface area contributed by atoms with E-state index in [1.54, 1.807) is 44.2 Å². The predicted molar refractivity (Wildman–Crippen MR) is 103 cm³/mol. The summed E-state index contributed by atoms with van der Waals surface area (Å²) < 4.78 is 49.5. The van der Waals surface area contributed by atoms with Crippen molar-refractivity contribution in [2.24, 2.45) is 0 Å². The Morgan fingerprint density at radius 1 is 1.20 bits per heavy atom. The van der Waals surface area contributed by atoms with Gasteiger partial charge in [-0.15, -0.1) is 0 Å². The molecule has 0 saturated heterocycles. The molecular formula is C19H21N3O2S. The van der Waals surface area contributed by atoms with Crippen molar-refractivity contribution in [3.8, 4) is 0 Å². The molecule has 3 rings (SSSR count). The van der Waals surface area contributed by atoms with Gasteiger partial charge in [0, 0.05) is 4.11 Å². The third-order valence-corrected chi connectivity index (χ3v) is 6.11. The number of aromatic nitrogens is 2. The highest BCUT2D eigenvalue weighted by Gasteiger charge is 2.24. The summed E-state index contributed by atoms with van der Waals surface area (Å²) in [7, 11) is -3.73. The van der Waals surface area contributed by atoms with E-state index in [0.717, 1.165) is 3.97 Å². The third kappa shape index (κ3) is 2.93. The first-order valence-corrected chi connectivity index (χ1v) is 9.32. The van der Waals surface area contributed by atoms with E-state index in [2.05, 4.69) is 4.98 Å². The number of nitrogens with zero attached hydrogens (tertiary/aromatic N) is 2. The fourth-order valence-electron chi connectivity index (χ4n) is 2.67. The van der Waals surface area contributed by atoms with Gasteiger partial charge in [-0.1, -0.05) is 42.5 Å². The molecule has 0 aliphatic heterocycles. The van der Waals surface area contributed by atoms with E-state index >= 15 is 0 Å². The standard InChI is InChI=1S/C19H21N3O2S/c1-4-16(14-8-6-5-7-9-14)15-10-11-17-18(12-15)22(19(20)21-17)25(23,24)13(2)3/h4-13H,1-3H3,(H2,20,21)/b16-4+/i1D3. The highest BCUT2D eigenvalue weighted by molar-refractivity contribution is 7.90. The Morgan fingerprint density at radius 2 is 1.92 bits per heavy atom. The molecule has 6 heteroatoms. The highest BCUT2D eigenvalue weighted by Crippen LogP contribution is 2.29. The summed E-state index contributed by atoms with van der Waals surface area (Å²) in [6.07, 6.45) is 1.20. The molecule has 0 amide bonds. The lowest BCUT2D eigenvalue weighted by molar-refractivity contribution is 0.580. The zero-order valence-electron chi connectivity index (χ0n) is 17.0. The molecule has 130 valence electrons. The molecule has 0 saturated carbocycles. The molecule has 0 fully saturated rings. The number of nitrogens with two attached hydrogens (primary N) is 1. The second-order valence-electron chi connectivity index (χ2n) is 5.96. The Labute approximate surface area is 152 Å². The van der Waals surface area contributed by atoms with E-state index in [4.69, 9.17) is 9.85 Å². The Morgan fingerprint density at radius 3 is 2.56 bits per heavy atom. The van der Waals surface area contributed by atoms with Crippen LogP contribution in [0.1, 0.15) is 35.9 Å². The first-order chi connectivity index (χ1) is 13.0. The molecule has 1 heterocycles. The molecule has 0 spiro atoms. The quantitative estimate of drug-likeness (QED) is 0.772. The molecule has 5 nitrogen and oxygen atoms in total. The molecule has 3 aromatic rings. The largest absolute Gasteiger partial charge is 0.368 e. The van der Waals surface area contributed by atoms with Gasteiger partial charge in [-0.3, -0.25) is 0 Å². The lowest BCUT2D eigenvalue weighted by Gasteiger charge is -2.12. The van der Waals surface area contributed by atoms with E-state index in [1.165, 1.54) is 6.08 Å². The van der Waals surface area contributed by atoms with Gasteiger partial charge < -0.3 is 5.73 Å². The number of anilines is 1. The van der Waals surface area contributed by atoms with Crippen molar-refractivity contribution in [2.75, 3.05) is 5.73 Å². The van der Waals surface area contributed by atoms with E-state index in [1.807, 2.05) is 18.2 Å². The Hall–Kier alpha value is -2.60. The lowest BCUT2D eigenvalue weighted by Crippen LogP contribution is -2.23. The van der Waals surface area contributed by atoms with Crippen molar-refractivity contribution in [3.63, 3.8) is 0 Å². The molecule has 0 bridgehead atoms. The van der Waals surface area contributed by atoms with Gasteiger partial charge in [0.25, 0.3) is 0 Å². The maximum absolute atomic E-state index is 12.7. The number of imidazole rings is 1. The summed E-state index contributed by atoms with van der Waals surface area (Å²) in [5.74, 6) is -0.123. The van der Waals surface area contributed by atoms with E-state index in [-0.39, 0.29) is 5.95 Å². The minimum atomic E-state index is -3.73. The SMILES string of the molecule is [2H]C([2H])([2H])/C=C(\c1ccccc1)c1ccc2nc(N)n(S(=O)(=O)C(C)C)c2c1. The predicted octanol–water partition coefficient (Wildman–Crippen LogP) is 3.66. The molecular weight excluding hydrogens is 334 g/mol. The minimum Gasteiger partial charge on any atom is -0.368 e. The van der Waals surface area contributed by atoms with E-state index in [9.17, 15) is 8.42 Å². The summed E-state index contributed by atoms with van der Waals surface area (Å²) in [5, 5.41) is -0.692. The van der Waals surface area contributed by atoms with Gasteiger partial charge in [-0.05, 0) is 49.5 Å². The van der Waals surface area contributed by atoms with Crippen LogP contribution < -0.4 is 5.73 Å². The fraction of sp³-hybridized carbons (Fsp3) is 0.211. The maximum Gasteiger partial charge on any atom is 0.244 e. The van der Waals surface area contributed by atoms with Crippen molar-refractivity contribution < 1.29 is 12.5 Å². The topological polar surface area (TPSA) is 78.0 Å². The van der Waals surface area contributed by atoms with Gasteiger partial charge in [0.2, 0.25) is 16.0 Å². The number of hydrogen-bond donors (Lipinski definition) is 1. The number of rotatable bonds is 4. The van der Waals surface area contributed by atoms with Crippen LogP contribution in [0.4, 0.5) is 5.95 Å². The van der Waals surface area contributed by atoms with Crippen LogP contribution in [0.3, 0.4) is 0 Å². The second kappa shape index (κ2) is 6.37. The van der Waals surface area contributed by atoms with E-state index < -0.39 is 22.1 Å².